The lowest BCUT2D eigenvalue weighted by molar-refractivity contribution is -0.116. The Bertz CT molecular complexity index is 1120. The van der Waals surface area contributed by atoms with Gasteiger partial charge in [-0.25, -0.2) is 4.39 Å². The normalized spacial score (nSPS) is 12.5. The van der Waals surface area contributed by atoms with E-state index in [4.69, 9.17) is 0 Å². The van der Waals surface area contributed by atoms with Crippen molar-refractivity contribution in [2.75, 3.05) is 22.5 Å². The number of carbonyl (C=O) groups is 2. The number of hydrogen-bond donors (Lipinski definition) is 1. The number of benzene rings is 3. The lowest BCUT2D eigenvalue weighted by Gasteiger charge is -2.17. The zero-order valence-corrected chi connectivity index (χ0v) is 17.3. The van der Waals surface area contributed by atoms with Crippen LogP contribution in [0.25, 0.3) is 0 Å². The summed E-state index contributed by atoms with van der Waals surface area (Å²) in [6, 6.07) is 19.6. The maximum Gasteiger partial charge on any atom is 0.256 e. The molecule has 0 saturated carbocycles. The summed E-state index contributed by atoms with van der Waals surface area (Å²) < 4.78 is 14.0. The molecule has 0 fully saturated rings. The van der Waals surface area contributed by atoms with Crippen LogP contribution in [0.4, 0.5) is 15.8 Å². The van der Waals surface area contributed by atoms with E-state index in [0.29, 0.717) is 17.0 Å². The number of fused-ring (bicyclic) bond motifs is 1. The fourth-order valence-corrected chi connectivity index (χ4v) is 4.45. The molecule has 1 aliphatic rings. The lowest BCUT2D eigenvalue weighted by Crippen LogP contribution is -2.30. The average Bonchev–Trinajstić information content (AvgIpc) is 3.19. The molecule has 3 aromatic rings. The summed E-state index contributed by atoms with van der Waals surface area (Å²) in [6.45, 7) is 2.51. The highest BCUT2D eigenvalue weighted by Crippen LogP contribution is 2.30. The zero-order chi connectivity index (χ0) is 21.1. The summed E-state index contributed by atoms with van der Waals surface area (Å²) in [5.41, 5.74) is 3.55. The topological polar surface area (TPSA) is 49.4 Å². The Balaban J connectivity index is 1.47. The number of rotatable bonds is 5. The fourth-order valence-electron chi connectivity index (χ4n) is 3.52. The van der Waals surface area contributed by atoms with Crippen molar-refractivity contribution in [3.05, 3.63) is 89.2 Å². The molecule has 0 saturated heterocycles. The Morgan fingerprint density at radius 2 is 1.83 bits per heavy atom. The maximum absolute atomic E-state index is 14.0. The molecular weight excluding hydrogens is 399 g/mol. The maximum atomic E-state index is 14.0. The summed E-state index contributed by atoms with van der Waals surface area (Å²) in [5.74, 6) is -0.661. The first-order valence-corrected chi connectivity index (χ1v) is 10.7. The van der Waals surface area contributed by atoms with Crippen LogP contribution in [0.15, 0.2) is 71.6 Å². The number of hydrogen-bond acceptors (Lipinski definition) is 3. The third-order valence-corrected chi connectivity index (χ3v) is 6.10. The second-order valence-electron chi connectivity index (χ2n) is 7.15. The third-order valence-electron chi connectivity index (χ3n) is 5.04. The minimum atomic E-state index is -0.484. The van der Waals surface area contributed by atoms with Crippen LogP contribution in [-0.4, -0.2) is 24.1 Å². The van der Waals surface area contributed by atoms with E-state index < -0.39 is 11.7 Å². The molecule has 152 valence electrons. The Labute approximate surface area is 179 Å². The number of nitrogens with zero attached hydrogens (tertiary/aromatic N) is 1. The number of para-hydroxylation sites is 1. The highest BCUT2D eigenvalue weighted by atomic mass is 32.2. The van der Waals surface area contributed by atoms with Gasteiger partial charge in [-0.1, -0.05) is 36.4 Å². The molecule has 4 rings (SSSR count). The van der Waals surface area contributed by atoms with Gasteiger partial charge in [0.2, 0.25) is 5.91 Å². The first-order chi connectivity index (χ1) is 14.5. The SMILES string of the molecule is Cc1ccc(F)c(NC(=O)c2ccccc2SCC(=O)N2CCc3ccccc32)c1. The molecule has 2 amide bonds. The summed E-state index contributed by atoms with van der Waals surface area (Å²) in [6.07, 6.45) is 0.855. The van der Waals surface area contributed by atoms with E-state index >= 15 is 0 Å². The van der Waals surface area contributed by atoms with Crippen LogP contribution in [0.1, 0.15) is 21.5 Å². The molecule has 1 heterocycles. The molecule has 1 aliphatic heterocycles. The Kier molecular flexibility index (Phi) is 5.86. The predicted molar refractivity (Wildman–Crippen MR) is 119 cm³/mol. The summed E-state index contributed by atoms with van der Waals surface area (Å²) in [5, 5.41) is 2.64. The van der Waals surface area contributed by atoms with E-state index in [1.54, 1.807) is 35.2 Å². The summed E-state index contributed by atoms with van der Waals surface area (Å²) in [7, 11) is 0. The Morgan fingerprint density at radius 1 is 1.07 bits per heavy atom. The van der Waals surface area contributed by atoms with Crippen molar-refractivity contribution in [1.82, 2.24) is 0 Å². The van der Waals surface area contributed by atoms with Gasteiger partial charge < -0.3 is 10.2 Å². The molecule has 0 bridgehead atoms. The van der Waals surface area contributed by atoms with Gasteiger partial charge in [-0.15, -0.1) is 11.8 Å². The summed E-state index contributed by atoms with van der Waals surface area (Å²) in [4.78, 5) is 28.1. The van der Waals surface area contributed by atoms with E-state index in [1.807, 2.05) is 37.3 Å². The van der Waals surface area contributed by atoms with Crippen LogP contribution < -0.4 is 10.2 Å². The number of carbonyl (C=O) groups excluding carboxylic acids is 2. The second kappa shape index (κ2) is 8.71. The largest absolute Gasteiger partial charge is 0.319 e. The average molecular weight is 421 g/mol. The van der Waals surface area contributed by atoms with Gasteiger partial charge in [0.25, 0.3) is 5.91 Å². The Hall–Kier alpha value is -3.12. The van der Waals surface area contributed by atoms with Gasteiger partial charge in [-0.3, -0.25) is 9.59 Å². The third kappa shape index (κ3) is 4.24. The molecular formula is C24H21FN2O2S. The quantitative estimate of drug-likeness (QED) is 0.587. The van der Waals surface area contributed by atoms with Gasteiger partial charge >= 0.3 is 0 Å². The van der Waals surface area contributed by atoms with Crippen LogP contribution in [-0.2, 0) is 11.2 Å². The lowest BCUT2D eigenvalue weighted by atomic mass is 10.2. The number of amides is 2. The minimum Gasteiger partial charge on any atom is -0.319 e. The van der Waals surface area contributed by atoms with Crippen molar-refractivity contribution < 1.29 is 14.0 Å². The van der Waals surface area contributed by atoms with Crippen LogP contribution in [0.2, 0.25) is 0 Å². The molecule has 30 heavy (non-hydrogen) atoms. The molecule has 1 N–H and O–H groups in total. The number of halogens is 1. The molecule has 4 nitrogen and oxygen atoms in total. The van der Waals surface area contributed by atoms with Gasteiger partial charge in [0.05, 0.1) is 17.0 Å². The van der Waals surface area contributed by atoms with Gasteiger partial charge in [0.15, 0.2) is 0 Å². The second-order valence-corrected chi connectivity index (χ2v) is 8.16. The molecule has 0 radical (unpaired) electrons. The number of anilines is 2. The van der Waals surface area contributed by atoms with Crippen molar-refractivity contribution in [3.63, 3.8) is 0 Å². The molecule has 0 unspecified atom stereocenters. The van der Waals surface area contributed by atoms with E-state index in [9.17, 15) is 14.0 Å². The van der Waals surface area contributed by atoms with Gasteiger partial charge in [0, 0.05) is 17.1 Å². The van der Waals surface area contributed by atoms with Crippen molar-refractivity contribution in [1.29, 1.82) is 0 Å². The van der Waals surface area contributed by atoms with Crippen LogP contribution in [0, 0.1) is 12.7 Å². The van der Waals surface area contributed by atoms with Crippen molar-refractivity contribution in [2.24, 2.45) is 0 Å². The highest BCUT2D eigenvalue weighted by molar-refractivity contribution is 8.00. The predicted octanol–water partition coefficient (Wildman–Crippen LogP) is 5.07. The molecule has 0 aromatic heterocycles. The van der Waals surface area contributed by atoms with E-state index in [2.05, 4.69) is 5.32 Å². The molecule has 0 atom stereocenters. The van der Waals surface area contributed by atoms with Crippen molar-refractivity contribution in [2.45, 2.75) is 18.2 Å². The van der Waals surface area contributed by atoms with Gasteiger partial charge in [-0.05, 0) is 54.8 Å². The summed E-state index contributed by atoms with van der Waals surface area (Å²) >= 11 is 1.32. The van der Waals surface area contributed by atoms with Crippen molar-refractivity contribution in [3.8, 4) is 0 Å². The first-order valence-electron chi connectivity index (χ1n) is 9.70. The van der Waals surface area contributed by atoms with Crippen LogP contribution >= 0.6 is 11.8 Å². The monoisotopic (exact) mass is 420 g/mol. The highest BCUT2D eigenvalue weighted by Gasteiger charge is 2.24. The Morgan fingerprint density at radius 3 is 2.70 bits per heavy atom. The van der Waals surface area contributed by atoms with Crippen molar-refractivity contribution >= 4 is 35.0 Å². The van der Waals surface area contributed by atoms with E-state index in [0.717, 1.165) is 17.7 Å². The number of thioether (sulfide) groups is 1. The number of nitrogens with one attached hydrogen (secondary N) is 1. The molecule has 0 aliphatic carbocycles. The first kappa shape index (κ1) is 20.2. The smallest absolute Gasteiger partial charge is 0.256 e. The molecule has 0 spiro atoms. The molecule has 3 aromatic carbocycles. The van der Waals surface area contributed by atoms with Gasteiger partial charge in [-0.2, -0.15) is 0 Å². The minimum absolute atomic E-state index is 0.00453. The fraction of sp³-hybridized carbons (Fsp3) is 0.167. The number of aryl methyl sites for hydroxylation is 1. The standard InChI is InChI=1S/C24H21FN2O2S/c1-16-10-11-19(25)20(14-16)26-24(29)18-7-3-5-9-22(18)30-15-23(28)27-13-12-17-6-2-4-8-21(17)27/h2-11,14H,12-13,15H2,1H3,(H,26,29). The van der Waals surface area contributed by atoms with Gasteiger partial charge in [0.1, 0.15) is 5.82 Å². The molecule has 6 heteroatoms. The van der Waals surface area contributed by atoms with Crippen LogP contribution in [0.5, 0.6) is 0 Å². The van der Waals surface area contributed by atoms with Crippen LogP contribution in [0.3, 0.4) is 0 Å². The van der Waals surface area contributed by atoms with E-state index in [-0.39, 0.29) is 17.3 Å². The van der Waals surface area contributed by atoms with E-state index in [1.165, 1.54) is 23.4 Å². The zero-order valence-electron chi connectivity index (χ0n) is 16.5.